The normalized spacial score (nSPS) is 35.0. The number of carbonyl (C=O) groups excluding carboxylic acids is 1. The Morgan fingerprint density at radius 3 is 2.50 bits per heavy atom. The zero-order valence-corrected chi connectivity index (χ0v) is 9.72. The topological polar surface area (TPSA) is 60.9 Å². The van der Waals surface area contributed by atoms with Crippen molar-refractivity contribution >= 4 is 12.4 Å². The maximum atomic E-state index is 11.5. The third-order valence-electron chi connectivity index (χ3n) is 3.84. The highest BCUT2D eigenvalue weighted by atomic mass is 16.4. The summed E-state index contributed by atoms with van der Waals surface area (Å²) in [6.07, 6.45) is 3.11. The summed E-state index contributed by atoms with van der Waals surface area (Å²) < 4.78 is 0. The molecule has 1 aliphatic carbocycles. The van der Waals surface area contributed by atoms with Crippen LogP contribution >= 0.6 is 0 Å². The summed E-state index contributed by atoms with van der Waals surface area (Å²) in [7, 11) is 1.91. The molecule has 2 aliphatic rings. The van der Waals surface area contributed by atoms with Crippen LogP contribution in [-0.4, -0.2) is 58.5 Å². The van der Waals surface area contributed by atoms with Gasteiger partial charge in [0.15, 0.2) is 5.54 Å². The third kappa shape index (κ3) is 1.59. The summed E-state index contributed by atoms with van der Waals surface area (Å²) in [6, 6.07) is 0.351. The van der Waals surface area contributed by atoms with E-state index in [2.05, 4.69) is 0 Å². The van der Waals surface area contributed by atoms with Crippen molar-refractivity contribution in [1.82, 2.24) is 9.80 Å². The lowest BCUT2D eigenvalue weighted by Crippen LogP contribution is -2.56. The number of nitrogens with zero attached hydrogens (tertiary/aromatic N) is 2. The Bertz CT molecular complexity index is 304. The Morgan fingerprint density at radius 2 is 2.19 bits per heavy atom. The molecule has 5 nitrogen and oxygen atoms in total. The second-order valence-electron chi connectivity index (χ2n) is 5.05. The van der Waals surface area contributed by atoms with Crippen molar-refractivity contribution in [2.24, 2.45) is 0 Å². The first-order chi connectivity index (χ1) is 7.51. The minimum atomic E-state index is -1.00. The van der Waals surface area contributed by atoms with Gasteiger partial charge in [-0.2, -0.15) is 0 Å². The minimum absolute atomic E-state index is 0.146. The van der Waals surface area contributed by atoms with Gasteiger partial charge in [-0.1, -0.05) is 0 Å². The first-order valence-corrected chi connectivity index (χ1v) is 5.68. The number of likely N-dealkylation sites (tertiary alicyclic amines) is 1. The molecular formula is C11H18N2O3. The van der Waals surface area contributed by atoms with Crippen molar-refractivity contribution in [3.05, 3.63) is 0 Å². The van der Waals surface area contributed by atoms with Crippen LogP contribution in [0.4, 0.5) is 0 Å². The van der Waals surface area contributed by atoms with E-state index in [1.54, 1.807) is 0 Å². The van der Waals surface area contributed by atoms with Gasteiger partial charge >= 0.3 is 5.97 Å². The van der Waals surface area contributed by atoms with Gasteiger partial charge in [0.05, 0.1) is 0 Å². The van der Waals surface area contributed by atoms with Gasteiger partial charge in [-0.25, -0.2) is 4.79 Å². The Balaban J connectivity index is 2.28. The lowest BCUT2D eigenvalue weighted by Gasteiger charge is -2.35. The molecule has 0 aromatic rings. The highest BCUT2D eigenvalue weighted by Gasteiger charge is 2.54. The fourth-order valence-electron chi connectivity index (χ4n) is 2.62. The predicted octanol–water partition coefficient (Wildman–Crippen LogP) is 0.155. The molecule has 1 N–H and O–H groups in total. The van der Waals surface area contributed by atoms with E-state index in [1.807, 2.05) is 18.9 Å². The van der Waals surface area contributed by atoms with Gasteiger partial charge in [0.25, 0.3) is 0 Å². The third-order valence-corrected chi connectivity index (χ3v) is 3.84. The molecule has 0 radical (unpaired) electrons. The Labute approximate surface area is 95.0 Å². The lowest BCUT2D eigenvalue weighted by atomic mass is 9.94. The van der Waals surface area contributed by atoms with Gasteiger partial charge in [0, 0.05) is 18.6 Å². The molecular weight excluding hydrogens is 208 g/mol. The van der Waals surface area contributed by atoms with E-state index in [0.29, 0.717) is 13.0 Å². The molecule has 1 amide bonds. The molecule has 0 aromatic carbocycles. The lowest BCUT2D eigenvalue weighted by molar-refractivity contribution is -0.155. The second-order valence-corrected chi connectivity index (χ2v) is 5.05. The van der Waals surface area contributed by atoms with Gasteiger partial charge in [0.1, 0.15) is 0 Å². The van der Waals surface area contributed by atoms with Crippen LogP contribution in [0.2, 0.25) is 0 Å². The van der Waals surface area contributed by atoms with Gasteiger partial charge in [-0.3, -0.25) is 4.79 Å². The monoisotopic (exact) mass is 226 g/mol. The number of hydrogen-bond acceptors (Lipinski definition) is 3. The zero-order chi connectivity index (χ0) is 11.9. The van der Waals surface area contributed by atoms with Crippen molar-refractivity contribution in [3.8, 4) is 0 Å². The summed E-state index contributed by atoms with van der Waals surface area (Å²) in [5.74, 6) is -0.872. The maximum Gasteiger partial charge on any atom is 0.331 e. The van der Waals surface area contributed by atoms with E-state index in [1.165, 1.54) is 4.90 Å². The Kier molecular flexibility index (Phi) is 2.66. The average Bonchev–Trinajstić information content (AvgIpc) is 2.97. The molecule has 2 fully saturated rings. The molecule has 0 spiro atoms. The quantitative estimate of drug-likeness (QED) is 0.693. The van der Waals surface area contributed by atoms with Crippen molar-refractivity contribution in [1.29, 1.82) is 0 Å². The molecule has 5 heteroatoms. The molecule has 90 valence electrons. The number of hydrogen-bond donors (Lipinski definition) is 1. The minimum Gasteiger partial charge on any atom is -0.479 e. The molecule has 1 saturated heterocycles. The number of carbonyl (C=O) groups is 2. The molecule has 2 rings (SSSR count). The molecule has 0 bridgehead atoms. The number of amides is 1. The number of aliphatic carboxylic acids is 1. The summed E-state index contributed by atoms with van der Waals surface area (Å²) >= 11 is 0. The van der Waals surface area contributed by atoms with Crippen LogP contribution in [0.15, 0.2) is 0 Å². The molecule has 2 atom stereocenters. The average molecular weight is 226 g/mol. The van der Waals surface area contributed by atoms with Crippen molar-refractivity contribution in [3.63, 3.8) is 0 Å². The van der Waals surface area contributed by atoms with Crippen LogP contribution in [0, 0.1) is 0 Å². The van der Waals surface area contributed by atoms with Gasteiger partial charge in [-0.15, -0.1) is 0 Å². The first-order valence-electron chi connectivity index (χ1n) is 5.68. The van der Waals surface area contributed by atoms with Crippen LogP contribution in [0.5, 0.6) is 0 Å². The summed E-state index contributed by atoms with van der Waals surface area (Å²) in [5.41, 5.74) is -1.00. The van der Waals surface area contributed by atoms with E-state index in [9.17, 15) is 14.7 Å². The largest absolute Gasteiger partial charge is 0.479 e. The second kappa shape index (κ2) is 3.73. The van der Waals surface area contributed by atoms with Gasteiger partial charge in [0.2, 0.25) is 6.41 Å². The summed E-state index contributed by atoms with van der Waals surface area (Å²) in [6.45, 7) is 2.43. The van der Waals surface area contributed by atoms with Crippen LogP contribution in [0.3, 0.4) is 0 Å². The van der Waals surface area contributed by atoms with Gasteiger partial charge < -0.3 is 14.9 Å². The molecule has 1 saturated carbocycles. The van der Waals surface area contributed by atoms with E-state index in [-0.39, 0.29) is 12.1 Å². The Morgan fingerprint density at radius 1 is 1.56 bits per heavy atom. The van der Waals surface area contributed by atoms with Crippen LogP contribution in [-0.2, 0) is 9.59 Å². The maximum absolute atomic E-state index is 11.5. The number of rotatable bonds is 4. The van der Waals surface area contributed by atoms with Crippen LogP contribution in [0.1, 0.15) is 26.2 Å². The summed E-state index contributed by atoms with van der Waals surface area (Å²) in [4.78, 5) is 26.2. The van der Waals surface area contributed by atoms with E-state index in [0.717, 1.165) is 19.3 Å². The first kappa shape index (κ1) is 11.4. The van der Waals surface area contributed by atoms with Crippen molar-refractivity contribution in [2.75, 3.05) is 13.6 Å². The number of likely N-dealkylation sites (N-methyl/N-ethyl adjacent to an activating group) is 1. The molecule has 2 unspecified atom stereocenters. The molecule has 0 aromatic heterocycles. The molecule has 16 heavy (non-hydrogen) atoms. The predicted molar refractivity (Wildman–Crippen MR) is 58.0 cm³/mol. The zero-order valence-electron chi connectivity index (χ0n) is 9.72. The van der Waals surface area contributed by atoms with Crippen molar-refractivity contribution in [2.45, 2.75) is 43.8 Å². The highest BCUT2D eigenvalue weighted by Crippen LogP contribution is 2.38. The van der Waals surface area contributed by atoms with Crippen LogP contribution in [0.25, 0.3) is 0 Å². The van der Waals surface area contributed by atoms with E-state index >= 15 is 0 Å². The fourth-order valence-corrected chi connectivity index (χ4v) is 2.62. The number of carboxylic acid groups (broad SMARTS) is 1. The highest BCUT2D eigenvalue weighted by molar-refractivity contribution is 5.82. The fraction of sp³-hybridized carbons (Fsp3) is 0.818. The Hall–Kier alpha value is -1.10. The van der Waals surface area contributed by atoms with Gasteiger partial charge in [-0.05, 0) is 33.2 Å². The van der Waals surface area contributed by atoms with E-state index in [4.69, 9.17) is 0 Å². The summed E-state index contributed by atoms with van der Waals surface area (Å²) in [5, 5.41) is 9.45. The van der Waals surface area contributed by atoms with Crippen molar-refractivity contribution < 1.29 is 14.7 Å². The van der Waals surface area contributed by atoms with Crippen LogP contribution < -0.4 is 0 Å². The standard InChI is InChI=1S/C11H18N2O3/c1-8-5-11(10(15)16,6-12(8)2)13(7-14)9-3-4-9/h7-9H,3-6H2,1-2H3,(H,15,16). The SMILES string of the molecule is CC1CC(C(=O)O)(N(C=O)C2CC2)CN1C. The van der Waals surface area contributed by atoms with E-state index < -0.39 is 11.5 Å². The molecule has 1 aliphatic heterocycles. The smallest absolute Gasteiger partial charge is 0.331 e. The molecule has 1 heterocycles. The number of carboxylic acids is 1.